The van der Waals surface area contributed by atoms with Gasteiger partial charge in [0.05, 0.1) is 26.9 Å². The maximum atomic E-state index is 13.1. The molecule has 2 aromatic carbocycles. The van der Waals surface area contributed by atoms with E-state index >= 15 is 0 Å². The molecule has 0 aliphatic carbocycles. The predicted molar refractivity (Wildman–Crippen MR) is 138 cm³/mol. The Bertz CT molecular complexity index is 1760. The molecule has 39 heavy (non-hydrogen) atoms. The van der Waals surface area contributed by atoms with Gasteiger partial charge in [-0.25, -0.2) is 14.8 Å². The molecule has 0 atom stereocenters. The first-order valence-corrected chi connectivity index (χ1v) is 12.2. The summed E-state index contributed by atoms with van der Waals surface area (Å²) in [6, 6.07) is 7.70. The number of halogens is 4. The predicted octanol–water partition coefficient (Wildman–Crippen LogP) is 4.01. The van der Waals surface area contributed by atoms with Gasteiger partial charge in [0, 0.05) is 31.8 Å². The Morgan fingerprint density at radius 1 is 1.10 bits per heavy atom. The van der Waals surface area contributed by atoms with Gasteiger partial charge in [-0.3, -0.25) is 28.8 Å². The number of nitrogens with one attached hydrogen (secondary N) is 1. The number of aromatic nitrogens is 4. The quantitative estimate of drug-likeness (QED) is 0.156. The molecule has 0 aliphatic rings. The van der Waals surface area contributed by atoms with Crippen LogP contribution in [0.3, 0.4) is 0 Å². The SMILES string of the molecule is Cn1c(=O)c2c(SCC(=O)Nc3cc(C(F)(F)F)ccc3Cl)nc(-c3ccc([N+](=O)[O-])cc3)nc2n(C)c1=O. The maximum absolute atomic E-state index is 13.1. The van der Waals surface area contributed by atoms with Crippen molar-refractivity contribution in [2.45, 2.75) is 11.2 Å². The average Bonchev–Trinajstić information content (AvgIpc) is 2.89. The summed E-state index contributed by atoms with van der Waals surface area (Å²) >= 11 is 6.73. The lowest BCUT2D eigenvalue weighted by Crippen LogP contribution is -2.37. The Labute approximate surface area is 225 Å². The van der Waals surface area contributed by atoms with Crippen LogP contribution < -0.4 is 16.6 Å². The zero-order valence-electron chi connectivity index (χ0n) is 19.9. The topological polar surface area (TPSA) is 142 Å². The van der Waals surface area contributed by atoms with Crippen molar-refractivity contribution in [1.82, 2.24) is 19.1 Å². The smallest absolute Gasteiger partial charge is 0.324 e. The largest absolute Gasteiger partial charge is 0.416 e. The number of benzene rings is 2. The Morgan fingerprint density at radius 2 is 1.77 bits per heavy atom. The standard InChI is InChI=1S/C23H16ClF3N6O5S/c1-31-19-17(21(35)32(2)22(31)36)20(30-18(29-19)11-3-6-13(7-4-11)33(37)38)39-10-16(34)28-15-9-12(23(25,26)27)5-8-14(15)24/h3-9H,10H2,1-2H3,(H,28,34). The van der Waals surface area contributed by atoms with Crippen molar-refractivity contribution in [2.24, 2.45) is 14.1 Å². The molecule has 11 nitrogen and oxygen atoms in total. The normalized spacial score (nSPS) is 11.5. The van der Waals surface area contributed by atoms with Crippen molar-refractivity contribution in [1.29, 1.82) is 0 Å². The van der Waals surface area contributed by atoms with E-state index in [2.05, 4.69) is 15.3 Å². The second-order valence-corrected chi connectivity index (χ2v) is 9.46. The van der Waals surface area contributed by atoms with Crippen molar-refractivity contribution in [3.63, 3.8) is 0 Å². The molecule has 2 heterocycles. The van der Waals surface area contributed by atoms with Gasteiger partial charge in [-0.05, 0) is 30.3 Å². The molecule has 0 aliphatic heterocycles. The number of nitro benzene ring substituents is 1. The van der Waals surface area contributed by atoms with Crippen LogP contribution in [0.1, 0.15) is 5.56 Å². The molecule has 0 unspecified atom stereocenters. The monoisotopic (exact) mass is 580 g/mol. The van der Waals surface area contributed by atoms with Gasteiger partial charge in [0.1, 0.15) is 10.4 Å². The number of non-ortho nitro benzene ring substituents is 1. The van der Waals surface area contributed by atoms with Crippen LogP contribution in [0.2, 0.25) is 5.02 Å². The Hall–Kier alpha value is -4.24. The van der Waals surface area contributed by atoms with Gasteiger partial charge in [0.2, 0.25) is 5.91 Å². The molecule has 1 N–H and O–H groups in total. The summed E-state index contributed by atoms with van der Waals surface area (Å²) in [7, 11) is 2.64. The van der Waals surface area contributed by atoms with Crippen LogP contribution >= 0.6 is 23.4 Å². The number of rotatable bonds is 6. The van der Waals surface area contributed by atoms with E-state index in [-0.39, 0.29) is 38.3 Å². The van der Waals surface area contributed by atoms with Crippen molar-refractivity contribution < 1.29 is 22.9 Å². The zero-order valence-corrected chi connectivity index (χ0v) is 21.5. The first-order valence-electron chi connectivity index (χ1n) is 10.8. The molecule has 16 heteroatoms. The van der Waals surface area contributed by atoms with Crippen LogP contribution in [0.5, 0.6) is 0 Å². The summed E-state index contributed by atoms with van der Waals surface area (Å²) in [4.78, 5) is 57.2. The third-order valence-electron chi connectivity index (χ3n) is 5.51. The zero-order chi connectivity index (χ0) is 28.6. The van der Waals surface area contributed by atoms with Crippen LogP contribution in [-0.2, 0) is 25.1 Å². The van der Waals surface area contributed by atoms with E-state index in [4.69, 9.17) is 11.6 Å². The van der Waals surface area contributed by atoms with E-state index in [1.165, 1.54) is 38.4 Å². The minimum atomic E-state index is -4.65. The molecule has 4 aromatic rings. The number of nitro groups is 1. The lowest BCUT2D eigenvalue weighted by Gasteiger charge is -2.13. The fourth-order valence-corrected chi connectivity index (χ4v) is 4.49. The highest BCUT2D eigenvalue weighted by molar-refractivity contribution is 8.00. The number of alkyl halides is 3. The number of aryl methyl sites for hydroxylation is 1. The van der Waals surface area contributed by atoms with Crippen molar-refractivity contribution in [3.8, 4) is 11.4 Å². The minimum absolute atomic E-state index is 0.00911. The van der Waals surface area contributed by atoms with Crippen LogP contribution in [-0.4, -0.2) is 35.7 Å². The third kappa shape index (κ3) is 5.63. The fourth-order valence-electron chi connectivity index (χ4n) is 3.51. The van der Waals surface area contributed by atoms with E-state index in [1.807, 2.05) is 0 Å². The van der Waals surface area contributed by atoms with Crippen molar-refractivity contribution >= 4 is 51.7 Å². The van der Waals surface area contributed by atoms with Gasteiger partial charge in [-0.2, -0.15) is 13.2 Å². The lowest BCUT2D eigenvalue weighted by molar-refractivity contribution is -0.384. The van der Waals surface area contributed by atoms with Crippen LogP contribution in [0.4, 0.5) is 24.5 Å². The number of nitrogens with zero attached hydrogens (tertiary/aromatic N) is 5. The molecule has 0 radical (unpaired) electrons. The van der Waals surface area contributed by atoms with Gasteiger partial charge in [-0.15, -0.1) is 0 Å². The molecule has 4 rings (SSSR count). The molecule has 0 saturated carbocycles. The highest BCUT2D eigenvalue weighted by Crippen LogP contribution is 2.34. The molecule has 1 amide bonds. The van der Waals surface area contributed by atoms with E-state index in [0.717, 1.165) is 33.0 Å². The maximum Gasteiger partial charge on any atom is 0.416 e. The fraction of sp³-hybridized carbons (Fsp3) is 0.174. The summed E-state index contributed by atoms with van der Waals surface area (Å²) < 4.78 is 41.1. The molecule has 2 aromatic heterocycles. The molecule has 0 saturated heterocycles. The van der Waals surface area contributed by atoms with Gasteiger partial charge >= 0.3 is 11.9 Å². The lowest BCUT2D eigenvalue weighted by atomic mass is 10.2. The van der Waals surface area contributed by atoms with Crippen molar-refractivity contribution in [2.75, 3.05) is 11.1 Å². The van der Waals surface area contributed by atoms with Gasteiger partial charge in [0.25, 0.3) is 11.2 Å². The van der Waals surface area contributed by atoms with Gasteiger partial charge in [-0.1, -0.05) is 23.4 Å². The third-order valence-corrected chi connectivity index (χ3v) is 6.82. The average molecular weight is 581 g/mol. The molecule has 202 valence electrons. The number of carbonyl (C=O) groups excluding carboxylic acids is 1. The van der Waals surface area contributed by atoms with E-state index in [1.54, 1.807) is 0 Å². The molecule has 0 spiro atoms. The van der Waals surface area contributed by atoms with Gasteiger partial charge < -0.3 is 5.32 Å². The number of carbonyl (C=O) groups is 1. The molecular weight excluding hydrogens is 565 g/mol. The number of hydrogen-bond acceptors (Lipinski definition) is 8. The van der Waals surface area contributed by atoms with E-state index in [9.17, 15) is 37.7 Å². The first kappa shape index (κ1) is 27.8. The van der Waals surface area contributed by atoms with Gasteiger partial charge in [0.15, 0.2) is 11.5 Å². The van der Waals surface area contributed by atoms with E-state index in [0.29, 0.717) is 11.6 Å². The Morgan fingerprint density at radius 3 is 2.38 bits per heavy atom. The summed E-state index contributed by atoms with van der Waals surface area (Å²) in [5.74, 6) is -1.12. The number of fused-ring (bicyclic) bond motifs is 1. The highest BCUT2D eigenvalue weighted by atomic mass is 35.5. The molecule has 0 fully saturated rings. The van der Waals surface area contributed by atoms with Crippen LogP contribution in [0, 0.1) is 10.1 Å². The summed E-state index contributed by atoms with van der Waals surface area (Å²) in [5, 5.41) is 13.1. The summed E-state index contributed by atoms with van der Waals surface area (Å²) in [5.41, 5.74) is -2.56. The number of anilines is 1. The summed E-state index contributed by atoms with van der Waals surface area (Å²) in [6.07, 6.45) is -4.65. The molecule has 0 bridgehead atoms. The first-order chi connectivity index (χ1) is 18.3. The van der Waals surface area contributed by atoms with Crippen molar-refractivity contribution in [3.05, 3.63) is 84.0 Å². The highest BCUT2D eigenvalue weighted by Gasteiger charge is 2.31. The molecular formula is C23H16ClF3N6O5S. The summed E-state index contributed by atoms with van der Waals surface area (Å²) in [6.45, 7) is 0. The van der Waals surface area contributed by atoms with Crippen LogP contribution in [0.25, 0.3) is 22.4 Å². The second kappa shape index (κ2) is 10.5. The minimum Gasteiger partial charge on any atom is -0.324 e. The Balaban J connectivity index is 1.73. The number of hydrogen-bond donors (Lipinski definition) is 1. The number of thioether (sulfide) groups is 1. The number of amides is 1. The Kier molecular flexibility index (Phi) is 7.48. The van der Waals surface area contributed by atoms with E-state index < -0.39 is 39.6 Å². The second-order valence-electron chi connectivity index (χ2n) is 8.09. The van der Waals surface area contributed by atoms with Crippen LogP contribution in [0.15, 0.2) is 57.1 Å².